The summed E-state index contributed by atoms with van der Waals surface area (Å²) in [7, 11) is 1.21. The second-order valence-corrected chi connectivity index (χ2v) is 5.83. The summed E-state index contributed by atoms with van der Waals surface area (Å²) in [4.78, 5) is 15.3. The lowest BCUT2D eigenvalue weighted by molar-refractivity contribution is -0.149. The first-order valence-electron chi connectivity index (χ1n) is 7.88. The molecule has 1 heterocycles. The molecule has 0 saturated carbocycles. The third-order valence-corrected chi connectivity index (χ3v) is 3.80. The number of carbonyl (C=O) groups excluding carboxylic acids is 1. The minimum atomic E-state index is -4.59. The van der Waals surface area contributed by atoms with Crippen molar-refractivity contribution in [1.29, 1.82) is 5.26 Å². The van der Waals surface area contributed by atoms with Crippen molar-refractivity contribution in [2.24, 2.45) is 0 Å². The number of alkyl halides is 3. The SMILES string of the molecule is CCC(Oc1cc(Oc2ncc(C(F)(F)F)cc2Cl)ccc1C#N)C(=O)OC. The van der Waals surface area contributed by atoms with E-state index >= 15 is 0 Å². The largest absolute Gasteiger partial charge is 0.477 e. The van der Waals surface area contributed by atoms with Crippen LogP contribution < -0.4 is 9.47 Å². The van der Waals surface area contributed by atoms with Crippen molar-refractivity contribution in [3.63, 3.8) is 0 Å². The maximum Gasteiger partial charge on any atom is 0.417 e. The number of esters is 1. The average molecular weight is 415 g/mol. The fourth-order valence-corrected chi connectivity index (χ4v) is 2.31. The van der Waals surface area contributed by atoms with Crippen LogP contribution in [0.2, 0.25) is 5.02 Å². The molecule has 1 unspecified atom stereocenters. The van der Waals surface area contributed by atoms with E-state index in [-0.39, 0.29) is 34.4 Å². The Morgan fingerprint density at radius 3 is 2.61 bits per heavy atom. The summed E-state index contributed by atoms with van der Waals surface area (Å²) in [6.45, 7) is 1.69. The van der Waals surface area contributed by atoms with Crippen molar-refractivity contribution in [1.82, 2.24) is 4.98 Å². The van der Waals surface area contributed by atoms with Crippen LogP contribution in [0.1, 0.15) is 24.5 Å². The van der Waals surface area contributed by atoms with Gasteiger partial charge in [0.05, 0.1) is 18.2 Å². The number of pyridine rings is 1. The summed E-state index contributed by atoms with van der Waals surface area (Å²) in [6, 6.07) is 6.66. The topological polar surface area (TPSA) is 81.4 Å². The van der Waals surface area contributed by atoms with Gasteiger partial charge < -0.3 is 14.2 Å². The minimum Gasteiger partial charge on any atom is -0.477 e. The molecular weight excluding hydrogens is 401 g/mol. The summed E-state index contributed by atoms with van der Waals surface area (Å²) < 4.78 is 53.6. The summed E-state index contributed by atoms with van der Waals surface area (Å²) in [6.07, 6.45) is -4.66. The van der Waals surface area contributed by atoms with E-state index in [4.69, 9.17) is 21.1 Å². The average Bonchev–Trinajstić information content (AvgIpc) is 2.66. The predicted molar refractivity (Wildman–Crippen MR) is 92.2 cm³/mol. The number of methoxy groups -OCH3 is 1. The number of halogens is 4. The molecule has 10 heteroatoms. The first kappa shape index (κ1) is 21.3. The lowest BCUT2D eigenvalue weighted by atomic mass is 10.2. The maximum atomic E-state index is 12.7. The van der Waals surface area contributed by atoms with Crippen molar-refractivity contribution in [3.05, 3.63) is 46.6 Å². The van der Waals surface area contributed by atoms with E-state index in [0.29, 0.717) is 12.3 Å². The Kier molecular flexibility index (Phi) is 6.70. The van der Waals surface area contributed by atoms with Gasteiger partial charge in [0.2, 0.25) is 5.88 Å². The van der Waals surface area contributed by atoms with Crippen LogP contribution in [0.25, 0.3) is 0 Å². The van der Waals surface area contributed by atoms with Gasteiger partial charge in [-0.1, -0.05) is 18.5 Å². The van der Waals surface area contributed by atoms with Crippen LogP contribution in [0.15, 0.2) is 30.5 Å². The van der Waals surface area contributed by atoms with Gasteiger partial charge in [0.25, 0.3) is 0 Å². The second-order valence-electron chi connectivity index (χ2n) is 5.42. The number of hydrogen-bond acceptors (Lipinski definition) is 6. The zero-order valence-corrected chi connectivity index (χ0v) is 15.5. The highest BCUT2D eigenvalue weighted by molar-refractivity contribution is 6.31. The molecule has 1 aromatic carbocycles. The van der Waals surface area contributed by atoms with Gasteiger partial charge >= 0.3 is 12.1 Å². The highest BCUT2D eigenvalue weighted by atomic mass is 35.5. The molecule has 2 aromatic rings. The number of hydrogen-bond donors (Lipinski definition) is 0. The van der Waals surface area contributed by atoms with E-state index in [0.717, 1.165) is 0 Å². The number of nitrogens with zero attached hydrogens (tertiary/aromatic N) is 2. The molecule has 0 aliphatic rings. The van der Waals surface area contributed by atoms with E-state index in [1.807, 2.05) is 6.07 Å². The fourth-order valence-electron chi connectivity index (χ4n) is 2.11. The lowest BCUT2D eigenvalue weighted by Gasteiger charge is -2.17. The van der Waals surface area contributed by atoms with Crippen molar-refractivity contribution in [2.75, 3.05) is 7.11 Å². The van der Waals surface area contributed by atoms with Crippen LogP contribution in [0.3, 0.4) is 0 Å². The van der Waals surface area contributed by atoms with E-state index in [2.05, 4.69) is 9.72 Å². The Bertz CT molecular complexity index is 913. The first-order valence-corrected chi connectivity index (χ1v) is 8.26. The predicted octanol–water partition coefficient (Wildman–Crippen LogP) is 4.75. The van der Waals surface area contributed by atoms with E-state index in [1.54, 1.807) is 6.92 Å². The molecule has 0 saturated heterocycles. The summed E-state index contributed by atoms with van der Waals surface area (Å²) in [5, 5.41) is 8.86. The zero-order chi connectivity index (χ0) is 20.9. The highest BCUT2D eigenvalue weighted by Gasteiger charge is 2.32. The van der Waals surface area contributed by atoms with Gasteiger partial charge in [-0.3, -0.25) is 0 Å². The van der Waals surface area contributed by atoms with Gasteiger partial charge in [0.15, 0.2) is 6.10 Å². The van der Waals surface area contributed by atoms with Crippen LogP contribution in [0.5, 0.6) is 17.4 Å². The lowest BCUT2D eigenvalue weighted by Crippen LogP contribution is -2.28. The van der Waals surface area contributed by atoms with E-state index in [1.165, 1.54) is 25.3 Å². The minimum absolute atomic E-state index is 0.0419. The molecule has 0 aliphatic carbocycles. The number of nitriles is 1. The van der Waals surface area contributed by atoms with E-state index in [9.17, 15) is 23.2 Å². The number of rotatable bonds is 6. The quantitative estimate of drug-likeness (QED) is 0.634. The van der Waals surface area contributed by atoms with Gasteiger partial charge in [0, 0.05) is 12.3 Å². The summed E-state index contributed by atoms with van der Waals surface area (Å²) in [5.74, 6) is -0.737. The molecule has 0 spiro atoms. The van der Waals surface area contributed by atoms with Crippen molar-refractivity contribution in [2.45, 2.75) is 25.6 Å². The summed E-state index contributed by atoms with van der Waals surface area (Å²) in [5.41, 5.74) is -0.890. The van der Waals surface area contributed by atoms with E-state index < -0.39 is 23.8 Å². The third kappa shape index (κ3) is 5.04. The number of ether oxygens (including phenoxy) is 3. The summed E-state index contributed by atoms with van der Waals surface area (Å²) >= 11 is 5.82. The van der Waals surface area contributed by atoms with Gasteiger partial charge in [-0.2, -0.15) is 18.4 Å². The third-order valence-electron chi connectivity index (χ3n) is 3.53. The Balaban J connectivity index is 2.30. The molecule has 1 atom stereocenters. The molecular formula is C18H14ClF3N2O4. The molecule has 0 radical (unpaired) electrons. The van der Waals surface area contributed by atoms with Crippen LogP contribution in [-0.2, 0) is 15.7 Å². The normalized spacial score (nSPS) is 12.0. The molecule has 0 bridgehead atoms. The Morgan fingerprint density at radius 1 is 1.36 bits per heavy atom. The van der Waals surface area contributed by atoms with Crippen LogP contribution in [0, 0.1) is 11.3 Å². The Hall–Kier alpha value is -2.99. The van der Waals surface area contributed by atoms with Crippen molar-refractivity contribution >= 4 is 17.6 Å². The molecule has 148 valence electrons. The van der Waals surface area contributed by atoms with Crippen LogP contribution >= 0.6 is 11.6 Å². The molecule has 1 aromatic heterocycles. The number of aromatic nitrogens is 1. The molecule has 28 heavy (non-hydrogen) atoms. The van der Waals surface area contributed by atoms with Crippen LogP contribution in [-0.4, -0.2) is 24.2 Å². The maximum absolute atomic E-state index is 12.7. The van der Waals surface area contributed by atoms with Crippen molar-refractivity contribution < 1.29 is 32.2 Å². The molecule has 6 nitrogen and oxygen atoms in total. The number of benzene rings is 1. The van der Waals surface area contributed by atoms with Crippen LogP contribution in [0.4, 0.5) is 13.2 Å². The second kappa shape index (κ2) is 8.80. The van der Waals surface area contributed by atoms with Crippen molar-refractivity contribution in [3.8, 4) is 23.4 Å². The highest BCUT2D eigenvalue weighted by Crippen LogP contribution is 2.35. The Morgan fingerprint density at radius 2 is 2.07 bits per heavy atom. The Labute approximate surface area is 163 Å². The molecule has 0 N–H and O–H groups in total. The first-order chi connectivity index (χ1) is 13.2. The smallest absolute Gasteiger partial charge is 0.417 e. The molecule has 0 amide bonds. The zero-order valence-electron chi connectivity index (χ0n) is 14.7. The standard InChI is InChI=1S/C18H14ClF3N2O4/c1-3-14(17(25)26-2)28-15-7-12(5-4-10(15)8-23)27-16-13(19)6-11(9-24-16)18(20,21)22/h4-7,9,14H,3H2,1-2H3. The van der Waals surface area contributed by atoms with Gasteiger partial charge in [0.1, 0.15) is 22.6 Å². The molecule has 0 fully saturated rings. The van der Waals surface area contributed by atoms with Gasteiger partial charge in [-0.25, -0.2) is 9.78 Å². The van der Waals surface area contributed by atoms with Gasteiger partial charge in [-0.05, 0) is 24.6 Å². The molecule has 0 aliphatic heterocycles. The molecule has 2 rings (SSSR count). The fraction of sp³-hybridized carbons (Fsp3) is 0.278. The van der Waals surface area contributed by atoms with Gasteiger partial charge in [-0.15, -0.1) is 0 Å². The number of carbonyl (C=O) groups is 1. The monoisotopic (exact) mass is 414 g/mol.